The van der Waals surface area contributed by atoms with Crippen molar-refractivity contribution in [3.05, 3.63) is 59.7 Å². The van der Waals surface area contributed by atoms with Crippen LogP contribution in [0.15, 0.2) is 48.5 Å². The Morgan fingerprint density at radius 2 is 1.14 bits per heavy atom. The molecule has 0 saturated heterocycles. The molecule has 0 spiro atoms. The van der Waals surface area contributed by atoms with Gasteiger partial charge in [0.2, 0.25) is 0 Å². The Labute approximate surface area is 171 Å². The summed E-state index contributed by atoms with van der Waals surface area (Å²) < 4.78 is 11.6. The fraction of sp³-hybridized carbons (Fsp3) is 0.520. The molecule has 0 radical (unpaired) electrons. The van der Waals surface area contributed by atoms with Gasteiger partial charge in [0, 0.05) is 5.41 Å². The zero-order valence-corrected chi connectivity index (χ0v) is 18.3. The van der Waals surface area contributed by atoms with Crippen molar-refractivity contribution in [1.29, 1.82) is 0 Å². The maximum Gasteiger partial charge on any atom is 0.141 e. The third-order valence-electron chi connectivity index (χ3n) is 5.13. The monoisotopic (exact) mass is 383 g/mol. The summed E-state index contributed by atoms with van der Waals surface area (Å²) in [6, 6.07) is 17.5. The van der Waals surface area contributed by atoms with Crippen LogP contribution in [0.2, 0.25) is 0 Å². The summed E-state index contributed by atoms with van der Waals surface area (Å²) in [5, 5.41) is 0. The van der Waals surface area contributed by atoms with Gasteiger partial charge in [0.1, 0.15) is 18.2 Å². The summed E-state index contributed by atoms with van der Waals surface area (Å²) in [5.74, 6) is 1.88. The molecule has 3 nitrogen and oxygen atoms in total. The van der Waals surface area contributed by atoms with Gasteiger partial charge in [0.15, 0.2) is 0 Å². The Kier molecular flexibility index (Phi) is 8.85. The second-order valence-corrected chi connectivity index (χ2v) is 7.83. The number of nitrogens with zero attached hydrogens (tertiary/aromatic N) is 1. The van der Waals surface area contributed by atoms with E-state index in [1.165, 1.54) is 11.1 Å². The molecule has 154 valence electrons. The lowest BCUT2D eigenvalue weighted by atomic mass is 9.68. The maximum atomic E-state index is 5.82. The summed E-state index contributed by atoms with van der Waals surface area (Å²) in [5.41, 5.74) is 2.78. The Bertz CT molecular complexity index is 671. The minimum Gasteiger partial charge on any atom is -0.494 e. The summed E-state index contributed by atoms with van der Waals surface area (Å²) in [4.78, 5) is 2.02. The average molecular weight is 384 g/mol. The van der Waals surface area contributed by atoms with E-state index in [0.717, 1.165) is 50.2 Å². The first-order valence-corrected chi connectivity index (χ1v) is 10.7. The molecule has 0 aromatic heterocycles. The summed E-state index contributed by atoms with van der Waals surface area (Å²) in [6.07, 6.45) is 5.58. The molecule has 0 N–H and O–H groups in total. The van der Waals surface area contributed by atoms with Crippen molar-refractivity contribution in [2.75, 3.05) is 27.4 Å². The zero-order chi connectivity index (χ0) is 20.4. The predicted molar refractivity (Wildman–Crippen MR) is 118 cm³/mol. The third-order valence-corrected chi connectivity index (χ3v) is 5.13. The van der Waals surface area contributed by atoms with Crippen LogP contribution in [0.4, 0.5) is 0 Å². The van der Waals surface area contributed by atoms with Crippen molar-refractivity contribution in [1.82, 2.24) is 4.90 Å². The Balaban J connectivity index is 2.34. The Morgan fingerprint density at radius 1 is 0.679 bits per heavy atom. The largest absolute Gasteiger partial charge is 0.494 e. The molecule has 2 aromatic carbocycles. The number of benzene rings is 2. The molecule has 0 amide bonds. The molecule has 0 fully saturated rings. The highest BCUT2D eigenvalue weighted by Gasteiger charge is 2.32. The van der Waals surface area contributed by atoms with E-state index in [2.05, 4.69) is 69.3 Å². The van der Waals surface area contributed by atoms with Crippen LogP contribution < -0.4 is 9.47 Å². The van der Waals surface area contributed by atoms with Crippen molar-refractivity contribution in [2.45, 2.75) is 58.3 Å². The second-order valence-electron chi connectivity index (χ2n) is 7.83. The van der Waals surface area contributed by atoms with Crippen LogP contribution in [0.3, 0.4) is 0 Å². The van der Waals surface area contributed by atoms with Crippen LogP contribution in [-0.4, -0.2) is 32.3 Å². The Morgan fingerprint density at radius 3 is 1.54 bits per heavy atom. The molecular formula is C25H37NO2. The molecular weight excluding hydrogens is 346 g/mol. The molecule has 0 heterocycles. The first-order valence-electron chi connectivity index (χ1n) is 10.7. The van der Waals surface area contributed by atoms with E-state index in [4.69, 9.17) is 9.47 Å². The van der Waals surface area contributed by atoms with Gasteiger partial charge in [-0.25, -0.2) is 0 Å². The first-order chi connectivity index (χ1) is 13.6. The van der Waals surface area contributed by atoms with Crippen LogP contribution in [0.1, 0.15) is 64.0 Å². The second kappa shape index (κ2) is 11.1. The van der Waals surface area contributed by atoms with Crippen molar-refractivity contribution in [2.24, 2.45) is 0 Å². The molecule has 0 unspecified atom stereocenters. The molecule has 0 bridgehead atoms. The molecule has 0 saturated carbocycles. The first kappa shape index (κ1) is 22.3. The van der Waals surface area contributed by atoms with Crippen molar-refractivity contribution >= 4 is 0 Å². The predicted octanol–water partition coefficient (Wildman–Crippen LogP) is 6.26. The minimum atomic E-state index is 0.0346. The normalized spacial score (nSPS) is 11.6. The highest BCUT2D eigenvalue weighted by molar-refractivity contribution is 5.43. The molecule has 28 heavy (non-hydrogen) atoms. The lowest BCUT2D eigenvalue weighted by molar-refractivity contribution is 0.179. The van der Waals surface area contributed by atoms with Gasteiger partial charge < -0.3 is 9.47 Å². The number of hydrogen-bond acceptors (Lipinski definition) is 3. The average Bonchev–Trinajstić information content (AvgIpc) is 2.71. The van der Waals surface area contributed by atoms with Crippen LogP contribution in [0.5, 0.6) is 11.5 Å². The van der Waals surface area contributed by atoms with E-state index in [1.807, 2.05) is 19.0 Å². The van der Waals surface area contributed by atoms with Gasteiger partial charge >= 0.3 is 0 Å². The van der Waals surface area contributed by atoms with E-state index < -0.39 is 0 Å². The summed E-state index contributed by atoms with van der Waals surface area (Å²) in [6.45, 7) is 8.04. The van der Waals surface area contributed by atoms with Gasteiger partial charge in [-0.2, -0.15) is 0 Å². The van der Waals surface area contributed by atoms with Crippen LogP contribution in [-0.2, 0) is 5.41 Å². The molecule has 0 aliphatic heterocycles. The standard InChI is InChI=1S/C25H37NO2/c1-6-17-25(18-7-2,21-9-13-23(14-10-21)27-19-8-3)22-11-15-24(16-12-22)28-20-26(4)5/h9-16H,6-8,17-20H2,1-5H3. The molecule has 3 heteroatoms. The van der Waals surface area contributed by atoms with E-state index in [-0.39, 0.29) is 5.41 Å². The Hall–Kier alpha value is -2.00. The topological polar surface area (TPSA) is 21.7 Å². The SMILES string of the molecule is CCCOc1ccc(C(CCC)(CCC)c2ccc(OCN(C)C)cc2)cc1. The smallest absolute Gasteiger partial charge is 0.141 e. The quantitative estimate of drug-likeness (QED) is 0.404. The molecule has 2 rings (SSSR count). The van der Waals surface area contributed by atoms with Crippen LogP contribution in [0.25, 0.3) is 0 Å². The lowest BCUT2D eigenvalue weighted by Gasteiger charge is -2.35. The van der Waals surface area contributed by atoms with Gasteiger partial charge in [-0.3, -0.25) is 4.90 Å². The highest BCUT2D eigenvalue weighted by atomic mass is 16.5. The van der Waals surface area contributed by atoms with E-state index in [9.17, 15) is 0 Å². The van der Waals surface area contributed by atoms with Crippen molar-refractivity contribution < 1.29 is 9.47 Å². The van der Waals surface area contributed by atoms with E-state index in [1.54, 1.807) is 0 Å². The number of rotatable bonds is 12. The van der Waals surface area contributed by atoms with Gasteiger partial charge in [-0.15, -0.1) is 0 Å². The van der Waals surface area contributed by atoms with Crippen LogP contribution >= 0.6 is 0 Å². The van der Waals surface area contributed by atoms with Gasteiger partial charge in [-0.1, -0.05) is 57.9 Å². The zero-order valence-electron chi connectivity index (χ0n) is 18.3. The molecule has 0 atom stereocenters. The van der Waals surface area contributed by atoms with Gasteiger partial charge in [0.05, 0.1) is 6.61 Å². The maximum absolute atomic E-state index is 5.82. The van der Waals surface area contributed by atoms with E-state index in [0.29, 0.717) is 6.73 Å². The fourth-order valence-electron chi connectivity index (χ4n) is 3.89. The highest BCUT2D eigenvalue weighted by Crippen LogP contribution is 2.42. The van der Waals surface area contributed by atoms with Crippen molar-refractivity contribution in [3.8, 4) is 11.5 Å². The minimum absolute atomic E-state index is 0.0346. The molecule has 0 aliphatic rings. The van der Waals surface area contributed by atoms with E-state index >= 15 is 0 Å². The van der Waals surface area contributed by atoms with Gasteiger partial charge in [-0.05, 0) is 68.8 Å². The van der Waals surface area contributed by atoms with Crippen molar-refractivity contribution in [3.63, 3.8) is 0 Å². The fourth-order valence-corrected chi connectivity index (χ4v) is 3.89. The number of hydrogen-bond donors (Lipinski definition) is 0. The molecule has 2 aromatic rings. The summed E-state index contributed by atoms with van der Waals surface area (Å²) >= 11 is 0. The van der Waals surface area contributed by atoms with Gasteiger partial charge in [0.25, 0.3) is 0 Å². The number of ether oxygens (including phenoxy) is 2. The lowest BCUT2D eigenvalue weighted by Crippen LogP contribution is -2.27. The third kappa shape index (κ3) is 5.75. The molecule has 0 aliphatic carbocycles. The van der Waals surface area contributed by atoms with Crippen LogP contribution in [0, 0.1) is 0 Å². The summed E-state index contributed by atoms with van der Waals surface area (Å²) in [7, 11) is 4.02.